The molecule has 0 bridgehead atoms. The Morgan fingerprint density at radius 1 is 1.33 bits per heavy atom. The molecule has 0 atom stereocenters. The van der Waals surface area contributed by atoms with Crippen molar-refractivity contribution in [3.8, 4) is 0 Å². The largest absolute Gasteiger partial charge is 0.478 e. The minimum atomic E-state index is -0.998. The summed E-state index contributed by atoms with van der Waals surface area (Å²) in [5, 5.41) is 8.59. The summed E-state index contributed by atoms with van der Waals surface area (Å²) in [5.74, 6) is -0.998. The van der Waals surface area contributed by atoms with E-state index in [1.807, 2.05) is 0 Å². The van der Waals surface area contributed by atoms with Gasteiger partial charge in [0.05, 0.1) is 5.57 Å². The number of benzene rings is 1. The summed E-state index contributed by atoms with van der Waals surface area (Å²) in [6, 6.07) is 6.82. The number of rotatable bonds is 2. The van der Waals surface area contributed by atoms with E-state index in [9.17, 15) is 4.79 Å². The topological polar surface area (TPSA) is 37.3 Å². The van der Waals surface area contributed by atoms with Crippen molar-refractivity contribution in [2.75, 3.05) is 0 Å². The van der Waals surface area contributed by atoms with Crippen LogP contribution in [-0.4, -0.2) is 11.1 Å². The first kappa shape index (κ1) is 8.87. The Morgan fingerprint density at radius 3 is 2.25 bits per heavy atom. The van der Waals surface area contributed by atoms with Crippen molar-refractivity contribution >= 4 is 24.2 Å². The van der Waals surface area contributed by atoms with E-state index < -0.39 is 5.97 Å². The zero-order chi connectivity index (χ0) is 9.14. The summed E-state index contributed by atoms with van der Waals surface area (Å²) < 4.78 is 0. The molecule has 12 heavy (non-hydrogen) atoms. The third-order valence-electron chi connectivity index (χ3n) is 1.47. The van der Waals surface area contributed by atoms with Crippen molar-refractivity contribution in [1.82, 2.24) is 0 Å². The number of carboxylic acids is 1. The fraction of sp³-hybridized carbons (Fsp3) is 0. The molecule has 0 saturated carbocycles. The monoisotopic (exact) mass is 180 g/mol. The van der Waals surface area contributed by atoms with Crippen LogP contribution in [0, 0.1) is 0 Å². The molecule has 0 amide bonds. The molecule has 1 aromatic rings. The van der Waals surface area contributed by atoms with Crippen LogP contribution in [0.25, 0.3) is 5.57 Å². The van der Waals surface area contributed by atoms with E-state index in [0.29, 0.717) is 5.56 Å². The van der Waals surface area contributed by atoms with Gasteiger partial charge in [0, 0.05) is 4.90 Å². The molecule has 0 aliphatic heterocycles. The van der Waals surface area contributed by atoms with Crippen LogP contribution in [0.2, 0.25) is 0 Å². The van der Waals surface area contributed by atoms with Crippen LogP contribution in [0.15, 0.2) is 35.7 Å². The third kappa shape index (κ3) is 1.89. The van der Waals surface area contributed by atoms with Gasteiger partial charge in [0.25, 0.3) is 0 Å². The summed E-state index contributed by atoms with van der Waals surface area (Å²) >= 11 is 4.07. The van der Waals surface area contributed by atoms with Crippen molar-refractivity contribution in [1.29, 1.82) is 0 Å². The fourth-order valence-electron chi connectivity index (χ4n) is 0.786. The molecule has 62 valence electrons. The quantitative estimate of drug-likeness (QED) is 0.540. The number of aliphatic carboxylic acids is 1. The normalized spacial score (nSPS) is 9.42. The summed E-state index contributed by atoms with van der Waals surface area (Å²) in [5.41, 5.74) is 0.712. The predicted molar refractivity (Wildman–Crippen MR) is 50.4 cm³/mol. The average molecular weight is 180 g/mol. The van der Waals surface area contributed by atoms with E-state index in [1.54, 1.807) is 24.3 Å². The summed E-state index contributed by atoms with van der Waals surface area (Å²) in [6.07, 6.45) is 0. The van der Waals surface area contributed by atoms with Gasteiger partial charge in [-0.25, -0.2) is 4.79 Å². The minimum Gasteiger partial charge on any atom is -0.478 e. The number of thiol groups is 1. The Bertz CT molecular complexity index is 314. The zero-order valence-corrected chi connectivity index (χ0v) is 7.21. The van der Waals surface area contributed by atoms with E-state index in [2.05, 4.69) is 19.2 Å². The average Bonchev–Trinajstić information content (AvgIpc) is 2.04. The molecule has 0 unspecified atom stereocenters. The first-order valence-electron chi connectivity index (χ1n) is 3.33. The second kappa shape index (κ2) is 3.45. The van der Waals surface area contributed by atoms with Gasteiger partial charge in [-0.3, -0.25) is 0 Å². The highest BCUT2D eigenvalue weighted by atomic mass is 32.1. The maximum Gasteiger partial charge on any atom is 0.335 e. The van der Waals surface area contributed by atoms with Crippen molar-refractivity contribution in [2.24, 2.45) is 0 Å². The molecule has 0 spiro atoms. The number of carboxylic acid groups (broad SMARTS) is 1. The standard InChI is InChI=1S/C9H8O2S/c1-6(9(10)11)7-2-4-8(12)5-3-7/h2-5,12H,1H2,(H,10,11). The van der Waals surface area contributed by atoms with Gasteiger partial charge in [-0.1, -0.05) is 18.7 Å². The second-order valence-electron chi connectivity index (χ2n) is 2.33. The highest BCUT2D eigenvalue weighted by Gasteiger charge is 2.05. The zero-order valence-electron chi connectivity index (χ0n) is 6.32. The van der Waals surface area contributed by atoms with Crippen molar-refractivity contribution < 1.29 is 9.90 Å². The summed E-state index contributed by atoms with van der Waals surface area (Å²) in [7, 11) is 0. The second-order valence-corrected chi connectivity index (χ2v) is 2.85. The Balaban J connectivity index is 2.98. The fourth-order valence-corrected chi connectivity index (χ4v) is 0.935. The highest BCUT2D eigenvalue weighted by Crippen LogP contribution is 2.14. The van der Waals surface area contributed by atoms with Gasteiger partial charge in [-0.2, -0.15) is 0 Å². The van der Waals surface area contributed by atoms with E-state index in [1.165, 1.54) is 0 Å². The molecule has 2 nitrogen and oxygen atoms in total. The van der Waals surface area contributed by atoms with Crippen LogP contribution >= 0.6 is 12.6 Å². The molecule has 1 aromatic carbocycles. The Kier molecular flexibility index (Phi) is 2.55. The van der Waals surface area contributed by atoms with Crippen LogP contribution in [0.1, 0.15) is 5.56 Å². The first-order chi connectivity index (χ1) is 5.61. The van der Waals surface area contributed by atoms with Crippen LogP contribution in [0.5, 0.6) is 0 Å². The van der Waals surface area contributed by atoms with Crippen LogP contribution < -0.4 is 0 Å². The maximum atomic E-state index is 10.5. The van der Waals surface area contributed by atoms with Crippen molar-refractivity contribution in [3.05, 3.63) is 36.4 Å². The van der Waals surface area contributed by atoms with E-state index in [4.69, 9.17) is 5.11 Å². The molecule has 1 N–H and O–H groups in total. The lowest BCUT2D eigenvalue weighted by Crippen LogP contribution is -1.97. The van der Waals surface area contributed by atoms with Crippen LogP contribution in [0.4, 0.5) is 0 Å². The Morgan fingerprint density at radius 2 is 1.83 bits per heavy atom. The Labute approximate surface area is 75.9 Å². The molecule has 0 aliphatic rings. The lowest BCUT2D eigenvalue weighted by Gasteiger charge is -1.99. The van der Waals surface area contributed by atoms with Crippen LogP contribution in [-0.2, 0) is 4.79 Å². The maximum absolute atomic E-state index is 10.5. The minimum absolute atomic E-state index is 0.100. The smallest absolute Gasteiger partial charge is 0.335 e. The SMILES string of the molecule is C=C(C(=O)O)c1ccc(S)cc1. The summed E-state index contributed by atoms with van der Waals surface area (Å²) in [6.45, 7) is 3.43. The molecular formula is C9H8O2S. The number of hydrogen-bond donors (Lipinski definition) is 2. The van der Waals surface area contributed by atoms with E-state index in [-0.39, 0.29) is 5.57 Å². The van der Waals surface area contributed by atoms with Gasteiger partial charge in [-0.05, 0) is 17.7 Å². The highest BCUT2D eigenvalue weighted by molar-refractivity contribution is 7.80. The molecule has 0 saturated heterocycles. The molecule has 3 heteroatoms. The molecule has 1 rings (SSSR count). The van der Waals surface area contributed by atoms with Crippen molar-refractivity contribution in [3.63, 3.8) is 0 Å². The molecule has 0 aliphatic carbocycles. The van der Waals surface area contributed by atoms with Gasteiger partial charge in [-0.15, -0.1) is 12.6 Å². The number of hydrogen-bond acceptors (Lipinski definition) is 2. The molecule has 0 aromatic heterocycles. The van der Waals surface area contributed by atoms with Gasteiger partial charge in [0.1, 0.15) is 0 Å². The summed E-state index contributed by atoms with van der Waals surface area (Å²) in [4.78, 5) is 11.3. The van der Waals surface area contributed by atoms with Gasteiger partial charge >= 0.3 is 5.97 Å². The lowest BCUT2D eigenvalue weighted by molar-refractivity contribution is -0.130. The third-order valence-corrected chi connectivity index (χ3v) is 1.77. The van der Waals surface area contributed by atoms with Crippen LogP contribution in [0.3, 0.4) is 0 Å². The molecule has 0 radical (unpaired) electrons. The Hall–Kier alpha value is -1.22. The van der Waals surface area contributed by atoms with Gasteiger partial charge in [0.2, 0.25) is 0 Å². The molecular weight excluding hydrogens is 172 g/mol. The van der Waals surface area contributed by atoms with Gasteiger partial charge in [0.15, 0.2) is 0 Å². The molecule has 0 heterocycles. The predicted octanol–water partition coefficient (Wildman–Crippen LogP) is 2.07. The first-order valence-corrected chi connectivity index (χ1v) is 3.77. The lowest BCUT2D eigenvalue weighted by atomic mass is 10.1. The molecule has 0 fully saturated rings. The number of carbonyl (C=O) groups is 1. The van der Waals surface area contributed by atoms with Gasteiger partial charge < -0.3 is 5.11 Å². The van der Waals surface area contributed by atoms with E-state index in [0.717, 1.165) is 4.90 Å². The van der Waals surface area contributed by atoms with Crippen molar-refractivity contribution in [2.45, 2.75) is 4.90 Å². The van der Waals surface area contributed by atoms with E-state index >= 15 is 0 Å².